The van der Waals surface area contributed by atoms with Crippen LogP contribution in [0, 0.1) is 0 Å². The maximum Gasteiger partial charge on any atom is 0.275 e. The number of nitrogens with one attached hydrogen (secondary N) is 2. The van der Waals surface area contributed by atoms with E-state index in [-0.39, 0.29) is 24.3 Å². The summed E-state index contributed by atoms with van der Waals surface area (Å²) in [5.41, 5.74) is 8.57. The molecule has 1 aromatic carbocycles. The van der Waals surface area contributed by atoms with Crippen LogP contribution < -0.4 is 16.2 Å². The van der Waals surface area contributed by atoms with Gasteiger partial charge in [0, 0.05) is 35.5 Å². The topological polar surface area (TPSA) is 170 Å². The molecule has 3 rings (SSSR count). The van der Waals surface area contributed by atoms with Crippen LogP contribution in [-0.2, 0) is 23.8 Å². The van der Waals surface area contributed by atoms with Crippen LogP contribution in [-0.4, -0.2) is 74.3 Å². The van der Waals surface area contributed by atoms with E-state index in [4.69, 9.17) is 19.7 Å². The van der Waals surface area contributed by atoms with Gasteiger partial charge in [-0.1, -0.05) is 5.11 Å². The molecular weight excluding hydrogens is 446 g/mol. The molecule has 1 fully saturated rings. The predicted molar refractivity (Wildman–Crippen MR) is 122 cm³/mol. The number of benzene rings is 1. The van der Waals surface area contributed by atoms with Gasteiger partial charge in [-0.2, -0.15) is 5.10 Å². The lowest BCUT2D eigenvalue weighted by Gasteiger charge is -2.21. The Morgan fingerprint density at radius 3 is 2.59 bits per heavy atom. The van der Waals surface area contributed by atoms with Gasteiger partial charge in [-0.15, -0.1) is 0 Å². The molecule has 0 radical (unpaired) electrons. The van der Waals surface area contributed by atoms with Crippen molar-refractivity contribution in [3.63, 3.8) is 0 Å². The molecule has 182 valence electrons. The molecular formula is C21H27N7O6. The summed E-state index contributed by atoms with van der Waals surface area (Å²) >= 11 is 0. The minimum absolute atomic E-state index is 0.175. The number of fused-ring (bicyclic) bond motifs is 1. The lowest BCUT2D eigenvalue weighted by atomic mass is 10.1. The smallest absolute Gasteiger partial charge is 0.275 e. The van der Waals surface area contributed by atoms with Crippen molar-refractivity contribution in [3.8, 4) is 0 Å². The summed E-state index contributed by atoms with van der Waals surface area (Å²) in [5, 5.41) is 14.1. The third kappa shape index (κ3) is 7.25. The molecule has 2 aromatic rings. The van der Waals surface area contributed by atoms with Gasteiger partial charge >= 0.3 is 0 Å². The number of carbonyl (C=O) groups excluding carboxylic acids is 2. The first-order valence-electron chi connectivity index (χ1n) is 10.9. The fourth-order valence-corrected chi connectivity index (χ4v) is 3.37. The van der Waals surface area contributed by atoms with Crippen LogP contribution in [0.3, 0.4) is 0 Å². The Labute approximate surface area is 195 Å². The number of azide groups is 1. The van der Waals surface area contributed by atoms with Crippen LogP contribution >= 0.6 is 0 Å². The summed E-state index contributed by atoms with van der Waals surface area (Å²) in [5.74, 6) is -0.850. The van der Waals surface area contributed by atoms with Gasteiger partial charge in [-0.3, -0.25) is 19.7 Å². The van der Waals surface area contributed by atoms with E-state index in [1.54, 1.807) is 18.3 Å². The average Bonchev–Trinajstić information content (AvgIpc) is 2.83. The quantitative estimate of drug-likeness (QED) is 0.135. The number of nitrogens with zero attached hydrogens (tertiary/aromatic N) is 5. The lowest BCUT2D eigenvalue weighted by Crippen LogP contribution is -2.45. The molecule has 1 aliphatic rings. The van der Waals surface area contributed by atoms with Crippen LogP contribution in [0.2, 0.25) is 0 Å². The van der Waals surface area contributed by atoms with Crippen molar-refractivity contribution >= 4 is 28.3 Å². The predicted octanol–water partition coefficient (Wildman–Crippen LogP) is 1.15. The normalized spacial score (nSPS) is 15.7. The van der Waals surface area contributed by atoms with Crippen LogP contribution in [0.5, 0.6) is 0 Å². The number of imide groups is 1. The maximum atomic E-state index is 12.8. The molecule has 13 nitrogen and oxygen atoms in total. The van der Waals surface area contributed by atoms with Gasteiger partial charge in [-0.05, 0) is 30.2 Å². The standard InChI is InChI=1S/C21H27N7O6/c22-27-24-6-8-33-10-12-34-11-9-32-7-5-23-16-1-2-17-15(13-16)14-25-28(21(17)31)18-3-4-19(29)26-20(18)30/h1-2,13-14,18,23H,3-12H2,(H,26,29,30). The SMILES string of the molecule is [N-]=[N+]=NCCOCCOCCOCCNc1ccc2c(=O)n(C3CCC(=O)NC3=O)ncc2c1. The van der Waals surface area contributed by atoms with E-state index in [0.717, 1.165) is 10.4 Å². The summed E-state index contributed by atoms with van der Waals surface area (Å²) in [7, 11) is 0. The lowest BCUT2D eigenvalue weighted by molar-refractivity contribution is -0.136. The van der Waals surface area contributed by atoms with Gasteiger partial charge in [0.25, 0.3) is 11.5 Å². The molecule has 1 aromatic heterocycles. The van der Waals surface area contributed by atoms with Crippen LogP contribution in [0.25, 0.3) is 21.2 Å². The molecule has 34 heavy (non-hydrogen) atoms. The first-order valence-corrected chi connectivity index (χ1v) is 10.9. The van der Waals surface area contributed by atoms with Crippen molar-refractivity contribution in [3.05, 3.63) is 45.2 Å². The molecule has 2 heterocycles. The Kier molecular flexibility index (Phi) is 9.80. The second kappa shape index (κ2) is 13.3. The number of hydrogen-bond acceptors (Lipinski definition) is 9. The summed E-state index contributed by atoms with van der Waals surface area (Å²) in [6.07, 6.45) is 1.97. The number of ether oxygens (including phenoxy) is 3. The maximum absolute atomic E-state index is 12.8. The van der Waals surface area contributed by atoms with Crippen molar-refractivity contribution in [1.29, 1.82) is 0 Å². The van der Waals surface area contributed by atoms with Crippen LogP contribution in [0.15, 0.2) is 34.3 Å². The average molecular weight is 473 g/mol. The number of rotatable bonds is 14. The molecule has 2 amide bonds. The second-order valence-electron chi connectivity index (χ2n) is 7.38. The highest BCUT2D eigenvalue weighted by Gasteiger charge is 2.29. The Bertz CT molecular complexity index is 1100. The van der Waals surface area contributed by atoms with E-state index in [1.165, 1.54) is 0 Å². The highest BCUT2D eigenvalue weighted by atomic mass is 16.5. The number of aromatic nitrogens is 2. The van der Waals surface area contributed by atoms with Crippen molar-refractivity contribution in [2.75, 3.05) is 58.0 Å². The molecule has 0 bridgehead atoms. The molecule has 1 saturated heterocycles. The number of anilines is 1. The number of carbonyl (C=O) groups is 2. The molecule has 1 atom stereocenters. The largest absolute Gasteiger partial charge is 0.383 e. The van der Waals surface area contributed by atoms with E-state index >= 15 is 0 Å². The number of hydrogen-bond donors (Lipinski definition) is 2. The van der Waals surface area contributed by atoms with E-state index in [1.807, 2.05) is 6.07 Å². The van der Waals surface area contributed by atoms with E-state index in [9.17, 15) is 14.4 Å². The van der Waals surface area contributed by atoms with E-state index in [0.29, 0.717) is 63.5 Å². The molecule has 1 aliphatic heterocycles. The van der Waals surface area contributed by atoms with Crippen molar-refractivity contribution in [2.45, 2.75) is 18.9 Å². The fourth-order valence-electron chi connectivity index (χ4n) is 3.37. The van der Waals surface area contributed by atoms with E-state index in [2.05, 4.69) is 25.8 Å². The third-order valence-corrected chi connectivity index (χ3v) is 5.04. The fraction of sp³-hybridized carbons (Fsp3) is 0.524. The Morgan fingerprint density at radius 2 is 1.85 bits per heavy atom. The van der Waals surface area contributed by atoms with Crippen molar-refractivity contribution in [2.24, 2.45) is 5.11 Å². The van der Waals surface area contributed by atoms with E-state index < -0.39 is 11.9 Å². The zero-order chi connectivity index (χ0) is 24.2. The highest BCUT2D eigenvalue weighted by Crippen LogP contribution is 2.19. The summed E-state index contributed by atoms with van der Waals surface area (Å²) in [4.78, 5) is 38.9. The monoisotopic (exact) mass is 473 g/mol. The highest BCUT2D eigenvalue weighted by molar-refractivity contribution is 5.99. The first kappa shape index (κ1) is 25.1. The van der Waals surface area contributed by atoms with Gasteiger partial charge in [0.1, 0.15) is 6.04 Å². The Hall–Kier alpha value is -3.51. The van der Waals surface area contributed by atoms with Crippen molar-refractivity contribution in [1.82, 2.24) is 15.1 Å². The van der Waals surface area contributed by atoms with Gasteiger partial charge < -0.3 is 19.5 Å². The zero-order valence-electron chi connectivity index (χ0n) is 18.6. The number of piperidine rings is 1. The minimum atomic E-state index is -0.787. The summed E-state index contributed by atoms with van der Waals surface area (Å²) in [6, 6.07) is 4.49. The third-order valence-electron chi connectivity index (χ3n) is 5.04. The second-order valence-corrected chi connectivity index (χ2v) is 7.38. The Morgan fingerprint density at radius 1 is 1.12 bits per heavy atom. The molecule has 2 N–H and O–H groups in total. The molecule has 0 spiro atoms. The summed E-state index contributed by atoms with van der Waals surface area (Å²) < 4.78 is 17.2. The minimum Gasteiger partial charge on any atom is -0.383 e. The van der Waals surface area contributed by atoms with Gasteiger partial charge in [0.2, 0.25) is 5.91 Å². The van der Waals surface area contributed by atoms with Crippen LogP contribution in [0.1, 0.15) is 18.9 Å². The van der Waals surface area contributed by atoms with Gasteiger partial charge in [-0.25, -0.2) is 4.68 Å². The summed E-state index contributed by atoms with van der Waals surface area (Å²) in [6.45, 7) is 3.47. The molecule has 0 saturated carbocycles. The molecule has 13 heteroatoms. The zero-order valence-corrected chi connectivity index (χ0v) is 18.6. The molecule has 0 aliphatic carbocycles. The molecule has 1 unspecified atom stereocenters. The van der Waals surface area contributed by atoms with Gasteiger partial charge in [0.05, 0.1) is 51.2 Å². The van der Waals surface area contributed by atoms with Crippen molar-refractivity contribution < 1.29 is 23.8 Å². The number of amides is 2. The Balaban J connectivity index is 1.38. The van der Waals surface area contributed by atoms with Crippen LogP contribution in [0.4, 0.5) is 5.69 Å². The first-order chi connectivity index (χ1) is 16.6. The van der Waals surface area contributed by atoms with Gasteiger partial charge in [0.15, 0.2) is 0 Å².